The minimum absolute atomic E-state index is 0.00252. The molecule has 6 N–H and O–H groups in total. The number of carbonyl (C=O) groups is 6. The van der Waals surface area contributed by atoms with Gasteiger partial charge in [-0.15, -0.1) is 0 Å². The highest BCUT2D eigenvalue weighted by Crippen LogP contribution is 2.26. The first-order chi connectivity index (χ1) is 48.8. The molecule has 4 fully saturated rings. The first kappa shape index (κ1) is 75.0. The molecule has 4 aliphatic rings. The maximum Gasteiger partial charge on any atom is 0.410 e. The SMILES string of the molecule is C=CC(=O)Nc1ccc(C(=O)N2CC(Cc3ncc4ccccc4n3)C2)cc1.C=CC(=O)Nc1ccc(C(=O)O)cc1.CC(C)(C)OC(=O)N1CC(Cc2ncc3ccccc3n2)C1.CC(C)(C)OC(=O)N1CC(N)C1.Clc1ncc2ccccc2n1.c1ccc2nc(CC3CNC3)ncc2c1. The molecule has 25 heteroatoms. The van der Waals surface area contributed by atoms with Gasteiger partial charge in [-0.2, -0.15) is 0 Å². The van der Waals surface area contributed by atoms with Gasteiger partial charge in [0.25, 0.3) is 5.91 Å². The largest absolute Gasteiger partial charge is 0.478 e. The van der Waals surface area contributed by atoms with Crippen molar-refractivity contribution in [3.05, 3.63) is 230 Å². The summed E-state index contributed by atoms with van der Waals surface area (Å²) in [5.74, 6) is 2.54. The minimum atomic E-state index is -0.994. The van der Waals surface area contributed by atoms with Crippen LogP contribution in [0.2, 0.25) is 5.28 Å². The van der Waals surface area contributed by atoms with Gasteiger partial charge in [0, 0.05) is 140 Å². The van der Waals surface area contributed by atoms with Crippen LogP contribution >= 0.6 is 11.6 Å². The van der Waals surface area contributed by atoms with Crippen molar-refractivity contribution < 1.29 is 43.3 Å². The number of aromatic nitrogens is 8. The van der Waals surface area contributed by atoms with Gasteiger partial charge in [-0.05, 0) is 157 Å². The van der Waals surface area contributed by atoms with Crippen molar-refractivity contribution >= 4 is 102 Å². The van der Waals surface area contributed by atoms with Crippen LogP contribution in [0.5, 0.6) is 0 Å². The molecule has 4 aliphatic heterocycles. The molecule has 4 saturated heterocycles. The van der Waals surface area contributed by atoms with E-state index < -0.39 is 17.2 Å². The number of nitrogens with zero attached hydrogens (tertiary/aromatic N) is 11. The van der Waals surface area contributed by atoms with E-state index in [1.807, 2.05) is 162 Å². The van der Waals surface area contributed by atoms with Crippen molar-refractivity contribution in [3.8, 4) is 0 Å². The molecule has 14 rings (SSSR count). The highest BCUT2D eigenvalue weighted by molar-refractivity contribution is 6.28. The third-order valence-electron chi connectivity index (χ3n) is 15.9. The summed E-state index contributed by atoms with van der Waals surface area (Å²) in [7, 11) is 0. The number of benzene rings is 6. The first-order valence-electron chi connectivity index (χ1n) is 33.3. The van der Waals surface area contributed by atoms with Crippen LogP contribution in [0.15, 0.2) is 196 Å². The number of hydrogen-bond donors (Lipinski definition) is 5. The van der Waals surface area contributed by atoms with Crippen molar-refractivity contribution in [2.75, 3.05) is 63.0 Å². The number of amides is 5. The van der Waals surface area contributed by atoms with Gasteiger partial charge in [0.05, 0.1) is 27.6 Å². The number of fused-ring (bicyclic) bond motifs is 4. The number of halogens is 1. The predicted molar refractivity (Wildman–Crippen MR) is 395 cm³/mol. The molecule has 5 amide bonds. The number of aromatic carboxylic acids is 1. The summed E-state index contributed by atoms with van der Waals surface area (Å²) in [5.41, 5.74) is 10.5. The lowest BCUT2D eigenvalue weighted by atomic mass is 9.95. The average molecular weight is 1400 g/mol. The maximum atomic E-state index is 12.6. The first-order valence-corrected chi connectivity index (χ1v) is 33.7. The normalized spacial score (nSPS) is 14.2. The number of rotatable bonds is 12. The van der Waals surface area contributed by atoms with E-state index >= 15 is 0 Å². The van der Waals surface area contributed by atoms with E-state index in [-0.39, 0.29) is 41.5 Å². The van der Waals surface area contributed by atoms with Crippen molar-refractivity contribution in [3.63, 3.8) is 0 Å². The van der Waals surface area contributed by atoms with Gasteiger partial charge in [0.1, 0.15) is 28.7 Å². The second-order valence-electron chi connectivity index (χ2n) is 26.7. The Balaban J connectivity index is 0.000000147. The number of ether oxygens (including phenoxy) is 2. The van der Waals surface area contributed by atoms with Gasteiger partial charge in [-0.3, -0.25) is 14.4 Å². The fourth-order valence-corrected chi connectivity index (χ4v) is 10.7. The third-order valence-corrected chi connectivity index (χ3v) is 16.1. The van der Waals surface area contributed by atoms with Crippen molar-refractivity contribution in [1.82, 2.24) is 59.9 Å². The summed E-state index contributed by atoms with van der Waals surface area (Å²) in [6, 6.07) is 44.6. The van der Waals surface area contributed by atoms with Crippen LogP contribution in [0.3, 0.4) is 0 Å². The van der Waals surface area contributed by atoms with Crippen LogP contribution < -0.4 is 21.7 Å². The zero-order valence-corrected chi connectivity index (χ0v) is 58.7. The van der Waals surface area contributed by atoms with E-state index in [9.17, 15) is 28.8 Å². The lowest BCUT2D eigenvalue weighted by Gasteiger charge is -2.39. The third kappa shape index (κ3) is 22.9. The molecular formula is C77H84ClN15O9. The maximum absolute atomic E-state index is 12.6. The Labute approximate surface area is 596 Å². The summed E-state index contributed by atoms with van der Waals surface area (Å²) < 4.78 is 10.5. The standard InChI is InChI=1S/C22H20N4O2.C17H21N3O2.C12H13N3.C10H9NO3.C8H5ClN2.C8H16N2O2/c1-2-21(27)24-18-9-7-16(8-10-18)22(28)26-13-15(14-26)11-20-23-12-17-5-3-4-6-19(17)25-20;1-17(2,3)22-16(21)20-10-12(11-20)8-15-18-9-13-6-4-5-7-14(13)19-15;1-2-4-11-10(3-1)8-14-12(15-11)5-9-6-13-7-9;1-2-9(12)11-8-5-3-7(4-6-8)10(13)14;9-8-10-5-6-3-1-2-4-7(6)11-8;1-8(2,3)12-7(11)10-4-6(9)5-10/h2-10,12,15H,1,11,13-14H2,(H,24,27);4-7,9,12H,8,10-11H2,1-3H3;1-4,8-9,13H,5-7H2;2-6H,1H2,(H,11,12)(H,13,14);1-5H;6H,4-5,9H2,1-3H3. The number of anilines is 2. The Kier molecular flexibility index (Phi) is 25.9. The summed E-state index contributed by atoms with van der Waals surface area (Å²) >= 11 is 5.60. The zero-order chi connectivity index (χ0) is 72.9. The molecule has 0 radical (unpaired) electrons. The van der Waals surface area contributed by atoms with Crippen LogP contribution in [-0.4, -0.2) is 165 Å². The highest BCUT2D eigenvalue weighted by Gasteiger charge is 2.35. The lowest BCUT2D eigenvalue weighted by Crippen LogP contribution is -2.58. The molecule has 10 aromatic rings. The molecule has 0 atom stereocenters. The van der Waals surface area contributed by atoms with E-state index in [0.717, 1.165) is 105 Å². The van der Waals surface area contributed by atoms with Crippen LogP contribution in [0, 0.1) is 17.8 Å². The van der Waals surface area contributed by atoms with Crippen LogP contribution in [0.25, 0.3) is 43.6 Å². The number of para-hydroxylation sites is 4. The van der Waals surface area contributed by atoms with E-state index in [1.54, 1.807) is 40.3 Å². The van der Waals surface area contributed by atoms with Gasteiger partial charge in [0.15, 0.2) is 0 Å². The topological polar surface area (TPSA) is 316 Å². The van der Waals surface area contributed by atoms with Gasteiger partial charge < -0.3 is 51.0 Å². The van der Waals surface area contributed by atoms with E-state index in [4.69, 9.17) is 31.9 Å². The summed E-state index contributed by atoms with van der Waals surface area (Å²) in [6.45, 7) is 24.2. The Bertz CT molecular complexity index is 4570. The summed E-state index contributed by atoms with van der Waals surface area (Å²) in [5, 5.41) is 21.5. The Morgan fingerprint density at radius 2 is 0.843 bits per heavy atom. The molecule has 0 spiro atoms. The van der Waals surface area contributed by atoms with Crippen molar-refractivity contribution in [2.45, 2.75) is 78.0 Å². The number of carbonyl (C=O) groups excluding carboxylic acids is 5. The Morgan fingerprint density at radius 3 is 1.20 bits per heavy atom. The van der Waals surface area contributed by atoms with Crippen molar-refractivity contribution in [1.29, 1.82) is 0 Å². The second kappa shape index (κ2) is 35.2. The quantitative estimate of drug-likeness (QED) is 0.0560. The molecule has 6 aromatic carbocycles. The molecule has 102 heavy (non-hydrogen) atoms. The summed E-state index contributed by atoms with van der Waals surface area (Å²) in [4.78, 5) is 108. The van der Waals surface area contributed by atoms with Crippen LogP contribution in [0.4, 0.5) is 21.0 Å². The summed E-state index contributed by atoms with van der Waals surface area (Å²) in [6.07, 6.45) is 11.8. The van der Waals surface area contributed by atoms with E-state index in [2.05, 4.69) is 69.0 Å². The molecule has 4 aromatic heterocycles. The molecule has 8 heterocycles. The molecule has 0 bridgehead atoms. The molecule has 0 aliphatic carbocycles. The Morgan fingerprint density at radius 1 is 0.500 bits per heavy atom. The smallest absolute Gasteiger partial charge is 0.410 e. The number of carboxylic acid groups (broad SMARTS) is 1. The number of nitrogens with one attached hydrogen (secondary N) is 3. The van der Waals surface area contributed by atoms with Crippen molar-refractivity contribution in [2.24, 2.45) is 23.5 Å². The number of nitrogens with two attached hydrogens (primary N) is 1. The monoisotopic (exact) mass is 1400 g/mol. The fourth-order valence-electron chi connectivity index (χ4n) is 10.5. The molecule has 0 unspecified atom stereocenters. The molecule has 24 nitrogen and oxygen atoms in total. The number of hydrogen-bond acceptors (Lipinski definition) is 18. The van der Waals surface area contributed by atoms with Gasteiger partial charge in [0.2, 0.25) is 17.1 Å². The minimum Gasteiger partial charge on any atom is -0.478 e. The highest BCUT2D eigenvalue weighted by atomic mass is 35.5. The van der Waals surface area contributed by atoms with Gasteiger partial charge >= 0.3 is 18.2 Å². The number of carboxylic acids is 1. The van der Waals surface area contributed by atoms with E-state index in [0.29, 0.717) is 73.3 Å². The van der Waals surface area contributed by atoms with Gasteiger partial charge in [-0.25, -0.2) is 54.3 Å². The fraction of sp³-hybridized carbons (Fsp3) is 0.299. The molecule has 0 saturated carbocycles. The predicted octanol–water partition coefficient (Wildman–Crippen LogP) is 11.9. The molecular weight excluding hydrogens is 1310 g/mol. The number of likely N-dealkylation sites (tertiary alicyclic amines) is 3. The lowest BCUT2D eigenvalue weighted by molar-refractivity contribution is -0.112. The zero-order valence-electron chi connectivity index (χ0n) is 57.9. The van der Waals surface area contributed by atoms with Gasteiger partial charge in [-0.1, -0.05) is 86.0 Å². The second-order valence-corrected chi connectivity index (χ2v) is 27.0. The molecule has 528 valence electrons. The average Bonchev–Trinajstić information content (AvgIpc) is 0.821. The van der Waals surface area contributed by atoms with Crippen LogP contribution in [-0.2, 0) is 38.3 Å². The van der Waals surface area contributed by atoms with E-state index in [1.165, 1.54) is 30.3 Å². The Hall–Kier alpha value is -11.2. The van der Waals surface area contributed by atoms with Crippen LogP contribution in [0.1, 0.15) is 79.7 Å².